The predicted octanol–water partition coefficient (Wildman–Crippen LogP) is 6.09. The van der Waals surface area contributed by atoms with Crippen molar-refractivity contribution in [1.82, 2.24) is 10.0 Å². The molecule has 3 aromatic rings. The molecule has 2 unspecified atom stereocenters. The highest BCUT2D eigenvalue weighted by Crippen LogP contribution is 2.47. The van der Waals surface area contributed by atoms with Gasteiger partial charge in [0.15, 0.2) is 23.0 Å². The summed E-state index contributed by atoms with van der Waals surface area (Å²) in [7, 11) is 6.36. The number of aromatic nitrogens is 1. The third-order valence-electron chi connectivity index (χ3n) is 6.98. The molecule has 1 saturated heterocycles. The van der Waals surface area contributed by atoms with Crippen molar-refractivity contribution in [3.8, 4) is 28.7 Å². The summed E-state index contributed by atoms with van der Waals surface area (Å²) in [5.41, 5.74) is 3.00. The minimum atomic E-state index is -0.578. The number of allylic oxidation sites excluding steroid dienone is 1. The maximum absolute atomic E-state index is 12.5. The Kier molecular flexibility index (Phi) is 10.6. The van der Waals surface area contributed by atoms with Gasteiger partial charge in [-0.25, -0.2) is 0 Å². The highest BCUT2D eigenvalue weighted by molar-refractivity contribution is 5.93. The first-order chi connectivity index (χ1) is 20.4. The Hall–Kier alpha value is -4.28. The van der Waals surface area contributed by atoms with Crippen LogP contribution >= 0.6 is 0 Å². The van der Waals surface area contributed by atoms with E-state index >= 15 is 0 Å². The molecular weight excluding hydrogens is 540 g/mol. The minimum absolute atomic E-state index is 0.171. The molecule has 1 aliphatic rings. The van der Waals surface area contributed by atoms with E-state index in [0.29, 0.717) is 46.8 Å². The van der Waals surface area contributed by atoms with E-state index in [1.165, 1.54) is 12.4 Å². The van der Waals surface area contributed by atoms with Crippen molar-refractivity contribution in [3.63, 3.8) is 0 Å². The van der Waals surface area contributed by atoms with Crippen LogP contribution in [0.4, 0.5) is 0 Å². The molecule has 0 aliphatic carbocycles. The Morgan fingerprint density at radius 2 is 1.60 bits per heavy atom. The number of pyridine rings is 1. The number of hydrogen-bond donors (Lipinski definition) is 1. The van der Waals surface area contributed by atoms with Crippen molar-refractivity contribution in [2.24, 2.45) is 0 Å². The summed E-state index contributed by atoms with van der Waals surface area (Å²) in [5, 5.41) is 10.8. The van der Waals surface area contributed by atoms with Gasteiger partial charge in [0, 0.05) is 24.2 Å². The fraction of sp³-hybridized carbons (Fsp3) is 0.375. The SMILES string of the molecule is CCCOc1c(C/C=C/N(O)C(=O)c2cccnc2)cc(C2CCC(c3cc(OC)c(OC)c(OC)c3)O2)cc1OC. The molecule has 1 aliphatic heterocycles. The fourth-order valence-electron chi connectivity index (χ4n) is 4.92. The monoisotopic (exact) mass is 578 g/mol. The van der Waals surface area contributed by atoms with Gasteiger partial charge in [0.1, 0.15) is 0 Å². The van der Waals surface area contributed by atoms with Crippen LogP contribution in [-0.2, 0) is 11.2 Å². The molecule has 1 N–H and O–H groups in total. The lowest BCUT2D eigenvalue weighted by Crippen LogP contribution is -2.21. The Labute approximate surface area is 246 Å². The van der Waals surface area contributed by atoms with Crippen molar-refractivity contribution < 1.29 is 38.4 Å². The molecule has 2 heterocycles. The molecule has 224 valence electrons. The number of carbonyl (C=O) groups is 1. The number of methoxy groups -OCH3 is 4. The second-order valence-electron chi connectivity index (χ2n) is 9.69. The standard InChI is InChI=1S/C32H38N2O8/c1-6-15-41-30-21(10-8-14-34(36)32(35)22-9-7-13-33-20-22)16-23(17-27(30)37-2)25-11-12-26(42-25)24-18-28(38-3)31(40-5)29(19-24)39-4/h7-9,13-14,16-20,25-26,36H,6,10-12,15H2,1-5H3/b14-8+. The van der Waals surface area contributed by atoms with Gasteiger partial charge in [0.2, 0.25) is 5.75 Å². The van der Waals surface area contributed by atoms with Crippen LogP contribution in [0.15, 0.2) is 61.1 Å². The number of benzene rings is 2. The minimum Gasteiger partial charge on any atom is -0.493 e. The van der Waals surface area contributed by atoms with Crippen molar-refractivity contribution in [2.75, 3.05) is 35.0 Å². The second kappa shape index (κ2) is 14.6. The van der Waals surface area contributed by atoms with Gasteiger partial charge >= 0.3 is 0 Å². The van der Waals surface area contributed by atoms with Crippen LogP contribution in [0.2, 0.25) is 0 Å². The summed E-state index contributed by atoms with van der Waals surface area (Å²) in [6.07, 6.45) is 8.41. The van der Waals surface area contributed by atoms with Gasteiger partial charge < -0.3 is 28.4 Å². The number of rotatable bonds is 13. The Balaban J connectivity index is 1.57. The van der Waals surface area contributed by atoms with E-state index < -0.39 is 5.91 Å². The van der Waals surface area contributed by atoms with Gasteiger partial charge in [-0.2, -0.15) is 5.06 Å². The molecule has 0 radical (unpaired) electrons. The lowest BCUT2D eigenvalue weighted by molar-refractivity contribution is -0.0204. The van der Waals surface area contributed by atoms with E-state index in [9.17, 15) is 10.0 Å². The number of hydroxylamine groups is 2. The third-order valence-corrected chi connectivity index (χ3v) is 6.98. The zero-order valence-electron chi connectivity index (χ0n) is 24.7. The first-order valence-electron chi connectivity index (χ1n) is 13.8. The van der Waals surface area contributed by atoms with Crippen LogP contribution in [0.25, 0.3) is 0 Å². The zero-order valence-corrected chi connectivity index (χ0v) is 24.7. The van der Waals surface area contributed by atoms with E-state index in [4.69, 9.17) is 28.4 Å². The molecule has 1 fully saturated rings. The van der Waals surface area contributed by atoms with Crippen molar-refractivity contribution in [2.45, 2.75) is 44.8 Å². The number of carbonyl (C=O) groups excluding carboxylic acids is 1. The van der Waals surface area contributed by atoms with Gasteiger partial charge in [-0.3, -0.25) is 15.0 Å². The molecular formula is C32H38N2O8. The Bertz CT molecular complexity index is 1350. The van der Waals surface area contributed by atoms with Crippen molar-refractivity contribution in [3.05, 3.63) is 83.3 Å². The quantitative estimate of drug-likeness (QED) is 0.190. The first-order valence-corrected chi connectivity index (χ1v) is 13.8. The maximum Gasteiger partial charge on any atom is 0.282 e. The third kappa shape index (κ3) is 6.95. The molecule has 42 heavy (non-hydrogen) atoms. The van der Waals surface area contributed by atoms with Crippen LogP contribution in [0.1, 0.15) is 65.4 Å². The van der Waals surface area contributed by atoms with E-state index in [0.717, 1.165) is 36.0 Å². The van der Waals surface area contributed by atoms with Gasteiger partial charge in [-0.05, 0) is 73.2 Å². The highest BCUT2D eigenvalue weighted by atomic mass is 16.5. The number of nitrogens with zero attached hydrogens (tertiary/aromatic N) is 2. The van der Waals surface area contributed by atoms with Gasteiger partial charge in [0.05, 0.1) is 52.8 Å². The molecule has 1 amide bonds. The van der Waals surface area contributed by atoms with Gasteiger partial charge in [-0.1, -0.05) is 13.0 Å². The summed E-state index contributed by atoms with van der Waals surface area (Å²) in [6, 6.07) is 11.0. The van der Waals surface area contributed by atoms with Crippen LogP contribution in [0.5, 0.6) is 28.7 Å². The molecule has 0 spiro atoms. The van der Waals surface area contributed by atoms with E-state index in [1.807, 2.05) is 31.2 Å². The van der Waals surface area contributed by atoms with Crippen molar-refractivity contribution >= 4 is 5.91 Å². The lowest BCUT2D eigenvalue weighted by atomic mass is 9.99. The average Bonchev–Trinajstić information content (AvgIpc) is 3.53. The maximum atomic E-state index is 12.5. The highest BCUT2D eigenvalue weighted by Gasteiger charge is 2.31. The van der Waals surface area contributed by atoms with Crippen LogP contribution < -0.4 is 23.7 Å². The molecule has 10 nitrogen and oxygen atoms in total. The lowest BCUT2D eigenvalue weighted by Gasteiger charge is -2.20. The zero-order chi connectivity index (χ0) is 30.1. The number of hydrogen-bond acceptors (Lipinski definition) is 9. The largest absolute Gasteiger partial charge is 0.493 e. The predicted molar refractivity (Wildman–Crippen MR) is 156 cm³/mol. The van der Waals surface area contributed by atoms with Crippen LogP contribution in [-0.4, -0.2) is 56.2 Å². The summed E-state index contributed by atoms with van der Waals surface area (Å²) in [5.74, 6) is 2.32. The van der Waals surface area contributed by atoms with E-state index in [-0.39, 0.29) is 17.8 Å². The topological polar surface area (TPSA) is 109 Å². The molecule has 1 aromatic heterocycles. The average molecular weight is 579 g/mol. The Morgan fingerprint density at radius 1 is 0.976 bits per heavy atom. The first kappa shape index (κ1) is 30.7. The van der Waals surface area contributed by atoms with Gasteiger partial charge in [0.25, 0.3) is 5.91 Å². The summed E-state index contributed by atoms with van der Waals surface area (Å²) >= 11 is 0. The number of amides is 1. The Morgan fingerprint density at radius 3 is 2.14 bits per heavy atom. The van der Waals surface area contributed by atoms with Crippen LogP contribution in [0.3, 0.4) is 0 Å². The van der Waals surface area contributed by atoms with Gasteiger partial charge in [-0.15, -0.1) is 0 Å². The molecule has 4 rings (SSSR count). The normalized spacial score (nSPS) is 16.3. The van der Waals surface area contributed by atoms with Crippen LogP contribution in [0, 0.1) is 0 Å². The molecule has 0 bridgehead atoms. The second-order valence-corrected chi connectivity index (χ2v) is 9.69. The molecule has 2 aromatic carbocycles. The summed E-state index contributed by atoms with van der Waals surface area (Å²) < 4.78 is 34.9. The smallest absolute Gasteiger partial charge is 0.282 e. The number of ether oxygens (including phenoxy) is 6. The summed E-state index contributed by atoms with van der Waals surface area (Å²) in [6.45, 7) is 2.55. The molecule has 2 atom stereocenters. The molecule has 10 heteroatoms. The van der Waals surface area contributed by atoms with E-state index in [1.54, 1.807) is 52.8 Å². The van der Waals surface area contributed by atoms with E-state index in [2.05, 4.69) is 4.98 Å². The van der Waals surface area contributed by atoms with Crippen molar-refractivity contribution in [1.29, 1.82) is 0 Å². The summed E-state index contributed by atoms with van der Waals surface area (Å²) in [4.78, 5) is 16.4. The molecule has 0 saturated carbocycles. The fourth-order valence-corrected chi connectivity index (χ4v) is 4.92.